The highest BCUT2D eigenvalue weighted by Gasteiger charge is 2.16. The van der Waals surface area contributed by atoms with E-state index in [9.17, 15) is 4.79 Å². The number of aryl methyl sites for hydroxylation is 2. The lowest BCUT2D eigenvalue weighted by Crippen LogP contribution is -2.28. The van der Waals surface area contributed by atoms with Gasteiger partial charge in [-0.25, -0.2) is 4.98 Å². The summed E-state index contributed by atoms with van der Waals surface area (Å²) in [7, 11) is 1.63. The van der Waals surface area contributed by atoms with Gasteiger partial charge in [0.25, 0.3) is 0 Å². The topological polar surface area (TPSA) is 64.4 Å². The number of amides is 1. The normalized spacial score (nSPS) is 11.9. The minimum absolute atomic E-state index is 0.0197. The Morgan fingerprint density at radius 2 is 1.90 bits per heavy atom. The van der Waals surface area contributed by atoms with Crippen LogP contribution in [0.15, 0.2) is 52.9 Å². The number of carbonyl (C=O) groups excluding carboxylic acids is 1. The molecule has 0 bridgehead atoms. The van der Waals surface area contributed by atoms with Gasteiger partial charge >= 0.3 is 0 Å². The number of hydrogen-bond donors (Lipinski definition) is 1. The highest BCUT2D eigenvalue weighted by Crippen LogP contribution is 2.27. The molecule has 29 heavy (non-hydrogen) atoms. The van der Waals surface area contributed by atoms with Gasteiger partial charge in [0, 0.05) is 16.9 Å². The SMILES string of the molecule is COc1ccccc1C(C)NC(=O)CSCc1nc(-c2ccccc2C)oc1C. The van der Waals surface area contributed by atoms with Crippen molar-refractivity contribution in [3.8, 4) is 17.2 Å². The Morgan fingerprint density at radius 3 is 2.66 bits per heavy atom. The molecule has 5 nitrogen and oxygen atoms in total. The first-order chi connectivity index (χ1) is 14.0. The van der Waals surface area contributed by atoms with Crippen LogP contribution < -0.4 is 10.1 Å². The molecule has 0 aliphatic rings. The molecule has 1 atom stereocenters. The van der Waals surface area contributed by atoms with Gasteiger partial charge in [-0.05, 0) is 38.5 Å². The van der Waals surface area contributed by atoms with Gasteiger partial charge in [0.2, 0.25) is 11.8 Å². The van der Waals surface area contributed by atoms with Crippen LogP contribution in [0, 0.1) is 13.8 Å². The molecular weight excluding hydrogens is 384 g/mol. The van der Waals surface area contributed by atoms with Crippen molar-refractivity contribution >= 4 is 17.7 Å². The second-order valence-electron chi connectivity index (χ2n) is 6.86. The van der Waals surface area contributed by atoms with Crippen molar-refractivity contribution in [1.82, 2.24) is 10.3 Å². The summed E-state index contributed by atoms with van der Waals surface area (Å²) in [5.41, 5.74) is 3.95. The first-order valence-corrected chi connectivity index (χ1v) is 10.7. The number of para-hydroxylation sites is 1. The fourth-order valence-corrected chi connectivity index (χ4v) is 3.95. The summed E-state index contributed by atoms with van der Waals surface area (Å²) in [6.45, 7) is 5.90. The number of ether oxygens (including phenoxy) is 1. The summed E-state index contributed by atoms with van der Waals surface area (Å²) in [4.78, 5) is 17.0. The number of benzene rings is 2. The first kappa shape index (κ1) is 21.0. The van der Waals surface area contributed by atoms with Gasteiger partial charge in [-0.15, -0.1) is 11.8 Å². The van der Waals surface area contributed by atoms with E-state index >= 15 is 0 Å². The van der Waals surface area contributed by atoms with Crippen LogP contribution >= 0.6 is 11.8 Å². The number of methoxy groups -OCH3 is 1. The fraction of sp³-hybridized carbons (Fsp3) is 0.304. The lowest BCUT2D eigenvalue weighted by molar-refractivity contribution is -0.119. The summed E-state index contributed by atoms with van der Waals surface area (Å²) >= 11 is 1.52. The van der Waals surface area contributed by atoms with E-state index in [1.54, 1.807) is 7.11 Å². The number of thioether (sulfide) groups is 1. The average Bonchev–Trinajstić information content (AvgIpc) is 3.08. The summed E-state index contributed by atoms with van der Waals surface area (Å²) in [5, 5.41) is 3.03. The summed E-state index contributed by atoms with van der Waals surface area (Å²) in [6.07, 6.45) is 0. The zero-order valence-electron chi connectivity index (χ0n) is 17.2. The van der Waals surface area contributed by atoms with Gasteiger partial charge in [0.05, 0.1) is 24.6 Å². The molecule has 1 amide bonds. The van der Waals surface area contributed by atoms with Crippen LogP contribution in [0.4, 0.5) is 0 Å². The number of hydrogen-bond acceptors (Lipinski definition) is 5. The standard InChI is InChI=1S/C23H26N2O3S/c1-15-9-5-6-10-18(15)23-25-20(17(3)28-23)13-29-14-22(26)24-16(2)19-11-7-8-12-21(19)27-4/h5-12,16H,13-14H2,1-4H3,(H,24,26). The molecule has 0 saturated heterocycles. The Kier molecular flexibility index (Phi) is 6.99. The predicted molar refractivity (Wildman–Crippen MR) is 117 cm³/mol. The smallest absolute Gasteiger partial charge is 0.230 e. The number of oxazole rings is 1. The van der Waals surface area contributed by atoms with Crippen molar-refractivity contribution < 1.29 is 13.9 Å². The monoisotopic (exact) mass is 410 g/mol. The van der Waals surface area contributed by atoms with Crippen molar-refractivity contribution in [3.05, 3.63) is 71.1 Å². The third-order valence-electron chi connectivity index (χ3n) is 4.72. The van der Waals surface area contributed by atoms with Crippen LogP contribution in [0.3, 0.4) is 0 Å². The maximum atomic E-state index is 12.4. The number of rotatable bonds is 8. The zero-order chi connectivity index (χ0) is 20.8. The van der Waals surface area contributed by atoms with Gasteiger partial charge in [-0.3, -0.25) is 4.79 Å². The molecule has 3 rings (SSSR count). The van der Waals surface area contributed by atoms with Crippen molar-refractivity contribution in [2.45, 2.75) is 32.6 Å². The Hall–Kier alpha value is -2.73. The van der Waals surface area contributed by atoms with Gasteiger partial charge < -0.3 is 14.5 Å². The van der Waals surface area contributed by atoms with Crippen LogP contribution in [0.5, 0.6) is 5.75 Å². The minimum atomic E-state index is -0.124. The number of nitrogens with one attached hydrogen (secondary N) is 1. The molecule has 2 aromatic carbocycles. The molecule has 3 aromatic rings. The minimum Gasteiger partial charge on any atom is -0.496 e. The molecule has 0 aliphatic heterocycles. The van der Waals surface area contributed by atoms with Crippen molar-refractivity contribution in [2.24, 2.45) is 0 Å². The molecule has 0 fully saturated rings. The molecular formula is C23H26N2O3S. The zero-order valence-corrected chi connectivity index (χ0v) is 18.0. The Bertz CT molecular complexity index is 984. The number of nitrogens with zero attached hydrogens (tertiary/aromatic N) is 1. The van der Waals surface area contributed by atoms with Crippen LogP contribution in [0.2, 0.25) is 0 Å². The number of aromatic nitrogens is 1. The largest absolute Gasteiger partial charge is 0.496 e. The second-order valence-corrected chi connectivity index (χ2v) is 7.85. The van der Waals surface area contributed by atoms with E-state index < -0.39 is 0 Å². The predicted octanol–water partition coefficient (Wildman–Crippen LogP) is 5.08. The van der Waals surface area contributed by atoms with Crippen molar-refractivity contribution in [2.75, 3.05) is 12.9 Å². The highest BCUT2D eigenvalue weighted by molar-refractivity contribution is 7.99. The molecule has 6 heteroatoms. The molecule has 0 saturated carbocycles. The summed E-state index contributed by atoms with van der Waals surface area (Å²) in [5.74, 6) is 3.15. The third kappa shape index (κ3) is 5.21. The second kappa shape index (κ2) is 9.65. The van der Waals surface area contributed by atoms with E-state index in [0.29, 0.717) is 17.4 Å². The molecule has 1 aromatic heterocycles. The molecule has 0 spiro atoms. The van der Waals surface area contributed by atoms with E-state index in [2.05, 4.69) is 10.3 Å². The fourth-order valence-electron chi connectivity index (χ4n) is 3.12. The lowest BCUT2D eigenvalue weighted by Gasteiger charge is -2.17. The molecule has 0 radical (unpaired) electrons. The van der Waals surface area contributed by atoms with Gasteiger partial charge in [-0.1, -0.05) is 36.4 Å². The van der Waals surface area contributed by atoms with E-state index in [0.717, 1.165) is 33.9 Å². The average molecular weight is 411 g/mol. The summed E-state index contributed by atoms with van der Waals surface area (Å²) < 4.78 is 11.2. The summed E-state index contributed by atoms with van der Waals surface area (Å²) in [6, 6.07) is 15.6. The number of carbonyl (C=O) groups is 1. The van der Waals surface area contributed by atoms with Crippen molar-refractivity contribution in [1.29, 1.82) is 0 Å². The quantitative estimate of drug-likeness (QED) is 0.561. The Morgan fingerprint density at radius 1 is 1.17 bits per heavy atom. The maximum absolute atomic E-state index is 12.4. The first-order valence-electron chi connectivity index (χ1n) is 9.52. The molecule has 0 aliphatic carbocycles. The van der Waals surface area contributed by atoms with E-state index in [1.165, 1.54) is 11.8 Å². The third-order valence-corrected chi connectivity index (χ3v) is 5.67. The van der Waals surface area contributed by atoms with Crippen molar-refractivity contribution in [3.63, 3.8) is 0 Å². The van der Waals surface area contributed by atoms with Gasteiger partial charge in [-0.2, -0.15) is 0 Å². The lowest BCUT2D eigenvalue weighted by atomic mass is 10.1. The maximum Gasteiger partial charge on any atom is 0.230 e. The van der Waals surface area contributed by atoms with Crippen LogP contribution in [-0.2, 0) is 10.5 Å². The van der Waals surface area contributed by atoms with E-state index in [4.69, 9.17) is 9.15 Å². The molecule has 1 unspecified atom stereocenters. The highest BCUT2D eigenvalue weighted by atomic mass is 32.2. The van der Waals surface area contributed by atoms with Gasteiger partial charge in [0.15, 0.2) is 0 Å². The van der Waals surface area contributed by atoms with E-state index in [-0.39, 0.29) is 11.9 Å². The van der Waals surface area contributed by atoms with Crippen LogP contribution in [0.1, 0.15) is 35.5 Å². The van der Waals surface area contributed by atoms with Gasteiger partial charge in [0.1, 0.15) is 11.5 Å². The Balaban J connectivity index is 1.55. The molecule has 152 valence electrons. The van der Waals surface area contributed by atoms with Crippen LogP contribution in [0.25, 0.3) is 11.5 Å². The van der Waals surface area contributed by atoms with E-state index in [1.807, 2.05) is 69.3 Å². The molecule has 1 heterocycles. The molecule has 1 N–H and O–H groups in total. The Labute approximate surface area is 175 Å². The van der Waals surface area contributed by atoms with Crippen LogP contribution in [-0.4, -0.2) is 23.8 Å².